The van der Waals surface area contributed by atoms with E-state index in [0.29, 0.717) is 6.54 Å². The maximum atomic E-state index is 12.6. The smallest absolute Gasteiger partial charge is 0.350 e. The van der Waals surface area contributed by atoms with E-state index in [9.17, 15) is 18.0 Å². The molecular weight excluding hydrogens is 343 g/mol. The molecule has 0 saturated heterocycles. The highest BCUT2D eigenvalue weighted by molar-refractivity contribution is 5.93. The lowest BCUT2D eigenvalue weighted by Gasteiger charge is -2.30. The molecule has 4 nitrogen and oxygen atoms in total. The van der Waals surface area contributed by atoms with E-state index in [2.05, 4.69) is 15.2 Å². The first-order valence-corrected chi connectivity index (χ1v) is 8.47. The molecule has 2 rings (SSSR count). The zero-order chi connectivity index (χ0) is 19.2. The minimum Gasteiger partial charge on any atom is -0.350 e. The fourth-order valence-electron chi connectivity index (χ4n) is 2.78. The Hall–Kier alpha value is -2.41. The van der Waals surface area contributed by atoms with E-state index in [1.54, 1.807) is 0 Å². The van der Waals surface area contributed by atoms with E-state index in [0.717, 1.165) is 37.0 Å². The summed E-state index contributed by atoms with van der Waals surface area (Å²) in [4.78, 5) is 17.8. The molecule has 7 heteroatoms. The molecule has 0 fully saturated rings. The van der Waals surface area contributed by atoms with Gasteiger partial charge in [-0.15, -0.1) is 0 Å². The van der Waals surface area contributed by atoms with Crippen molar-refractivity contribution in [1.29, 1.82) is 0 Å². The summed E-state index contributed by atoms with van der Waals surface area (Å²) in [6, 6.07) is 11.7. The van der Waals surface area contributed by atoms with E-state index < -0.39 is 17.8 Å². The fourth-order valence-corrected chi connectivity index (χ4v) is 2.78. The number of hydrogen-bond donors (Lipinski definition) is 1. The normalized spacial score (nSPS) is 12.8. The number of alkyl halides is 3. The number of nitrogens with zero attached hydrogens (tertiary/aromatic N) is 2. The maximum Gasteiger partial charge on any atom is 0.433 e. The van der Waals surface area contributed by atoms with Gasteiger partial charge in [0.05, 0.1) is 11.6 Å². The van der Waals surface area contributed by atoms with Crippen LogP contribution in [0, 0.1) is 0 Å². The molecule has 1 heterocycles. The van der Waals surface area contributed by atoms with Crippen molar-refractivity contribution in [1.82, 2.24) is 15.2 Å². The second kappa shape index (κ2) is 8.80. The van der Waals surface area contributed by atoms with Crippen molar-refractivity contribution in [3.8, 4) is 0 Å². The fraction of sp³-hybridized carbons (Fsp3) is 0.368. The third kappa shape index (κ3) is 5.05. The molecule has 1 unspecified atom stereocenters. The number of nitrogens with one attached hydrogen (secondary N) is 1. The predicted octanol–water partition coefficient (Wildman–Crippen LogP) is 3.91. The second-order valence-corrected chi connectivity index (χ2v) is 5.79. The van der Waals surface area contributed by atoms with Crippen LogP contribution in [0.1, 0.15) is 41.5 Å². The molecule has 140 valence electrons. The lowest BCUT2D eigenvalue weighted by Crippen LogP contribution is -2.38. The molecule has 1 atom stereocenters. The number of carbonyl (C=O) groups excluding carboxylic acids is 1. The minimum atomic E-state index is -4.52. The van der Waals surface area contributed by atoms with Crippen molar-refractivity contribution < 1.29 is 18.0 Å². The Morgan fingerprint density at radius 2 is 1.77 bits per heavy atom. The number of benzene rings is 1. The van der Waals surface area contributed by atoms with Crippen LogP contribution in [0.3, 0.4) is 0 Å². The highest BCUT2D eigenvalue weighted by atomic mass is 19.4. The summed E-state index contributed by atoms with van der Waals surface area (Å²) in [7, 11) is 0. The zero-order valence-electron chi connectivity index (χ0n) is 14.8. The summed E-state index contributed by atoms with van der Waals surface area (Å²) in [5.74, 6) is -0.445. The van der Waals surface area contributed by atoms with Gasteiger partial charge in [-0.05, 0) is 30.8 Å². The van der Waals surface area contributed by atoms with E-state index in [1.807, 2.05) is 44.2 Å². The van der Waals surface area contributed by atoms with Gasteiger partial charge in [0.2, 0.25) is 0 Å². The Labute approximate surface area is 151 Å². The summed E-state index contributed by atoms with van der Waals surface area (Å²) in [6.45, 7) is 6.06. The summed E-state index contributed by atoms with van der Waals surface area (Å²) in [6.07, 6.45) is -3.57. The van der Waals surface area contributed by atoms with Crippen LogP contribution in [-0.4, -0.2) is 35.4 Å². The largest absolute Gasteiger partial charge is 0.433 e. The van der Waals surface area contributed by atoms with Crippen molar-refractivity contribution in [3.05, 3.63) is 65.5 Å². The predicted molar refractivity (Wildman–Crippen MR) is 93.7 cm³/mol. The lowest BCUT2D eigenvalue weighted by molar-refractivity contribution is -0.141. The van der Waals surface area contributed by atoms with Gasteiger partial charge in [-0.25, -0.2) is 0 Å². The first-order chi connectivity index (χ1) is 12.4. The van der Waals surface area contributed by atoms with Crippen LogP contribution in [0.15, 0.2) is 48.7 Å². The van der Waals surface area contributed by atoms with Crippen LogP contribution in [0.25, 0.3) is 0 Å². The molecule has 2 aromatic rings. The van der Waals surface area contributed by atoms with Crippen molar-refractivity contribution >= 4 is 5.91 Å². The molecule has 0 aliphatic carbocycles. The van der Waals surface area contributed by atoms with Gasteiger partial charge < -0.3 is 5.32 Å². The number of pyridine rings is 1. The molecule has 0 aliphatic heterocycles. The van der Waals surface area contributed by atoms with Crippen molar-refractivity contribution in [2.75, 3.05) is 19.6 Å². The molecular formula is C19H22F3N3O. The van der Waals surface area contributed by atoms with Gasteiger partial charge in [-0.1, -0.05) is 44.2 Å². The van der Waals surface area contributed by atoms with E-state index in [-0.39, 0.29) is 11.6 Å². The van der Waals surface area contributed by atoms with Gasteiger partial charge in [0, 0.05) is 12.7 Å². The molecule has 1 aromatic carbocycles. The molecule has 1 aromatic heterocycles. The first-order valence-electron chi connectivity index (χ1n) is 8.47. The number of carbonyl (C=O) groups is 1. The number of rotatable bonds is 7. The summed E-state index contributed by atoms with van der Waals surface area (Å²) in [5.41, 5.74) is 0.158. The lowest BCUT2D eigenvalue weighted by atomic mass is 10.0. The number of halogens is 3. The highest BCUT2D eigenvalue weighted by Gasteiger charge is 2.32. The standard InChI is InChI=1S/C19H22F3N3O/c1-3-25(4-2)16(14-8-6-5-7-9-14)13-24-18(26)15-10-11-17(23-12-15)19(20,21)22/h5-12,16H,3-4,13H2,1-2H3,(H,24,26). The molecule has 0 bridgehead atoms. The van der Waals surface area contributed by atoms with Crippen LogP contribution in [0.2, 0.25) is 0 Å². The van der Waals surface area contributed by atoms with Gasteiger partial charge in [0.25, 0.3) is 5.91 Å². The molecule has 0 spiro atoms. The maximum absolute atomic E-state index is 12.6. The molecule has 0 radical (unpaired) electrons. The van der Waals surface area contributed by atoms with E-state index in [4.69, 9.17) is 0 Å². The summed E-state index contributed by atoms with van der Waals surface area (Å²) >= 11 is 0. The van der Waals surface area contributed by atoms with Gasteiger partial charge in [-0.2, -0.15) is 13.2 Å². The first kappa shape index (κ1) is 19.9. The van der Waals surface area contributed by atoms with Crippen LogP contribution in [-0.2, 0) is 6.18 Å². The number of likely N-dealkylation sites (N-methyl/N-ethyl adjacent to an activating group) is 1. The van der Waals surface area contributed by atoms with Gasteiger partial charge >= 0.3 is 6.18 Å². The van der Waals surface area contributed by atoms with Crippen molar-refractivity contribution in [2.45, 2.75) is 26.1 Å². The highest BCUT2D eigenvalue weighted by Crippen LogP contribution is 2.27. The third-order valence-electron chi connectivity index (χ3n) is 4.21. The third-order valence-corrected chi connectivity index (χ3v) is 4.21. The van der Waals surface area contributed by atoms with Crippen LogP contribution in [0.4, 0.5) is 13.2 Å². The number of hydrogen-bond acceptors (Lipinski definition) is 3. The Kier molecular flexibility index (Phi) is 6.74. The quantitative estimate of drug-likeness (QED) is 0.809. The Morgan fingerprint density at radius 3 is 2.27 bits per heavy atom. The van der Waals surface area contributed by atoms with Crippen molar-refractivity contribution in [2.24, 2.45) is 0 Å². The molecule has 1 amide bonds. The Morgan fingerprint density at radius 1 is 1.12 bits per heavy atom. The molecule has 0 aliphatic rings. The second-order valence-electron chi connectivity index (χ2n) is 5.79. The Balaban J connectivity index is 2.09. The zero-order valence-corrected chi connectivity index (χ0v) is 14.8. The van der Waals surface area contributed by atoms with Crippen LogP contribution in [0.5, 0.6) is 0 Å². The minimum absolute atomic E-state index is 0.0162. The molecule has 0 saturated carbocycles. The average Bonchev–Trinajstić information content (AvgIpc) is 2.65. The van der Waals surface area contributed by atoms with Crippen LogP contribution < -0.4 is 5.32 Å². The number of aromatic nitrogens is 1. The monoisotopic (exact) mass is 365 g/mol. The van der Waals surface area contributed by atoms with E-state index in [1.165, 1.54) is 0 Å². The SMILES string of the molecule is CCN(CC)C(CNC(=O)c1ccc(C(F)(F)F)nc1)c1ccccc1. The van der Waals surface area contributed by atoms with Gasteiger partial charge in [0.15, 0.2) is 0 Å². The molecule has 26 heavy (non-hydrogen) atoms. The Bertz CT molecular complexity index is 698. The summed E-state index contributed by atoms with van der Waals surface area (Å²) < 4.78 is 37.7. The molecule has 1 N–H and O–H groups in total. The average molecular weight is 365 g/mol. The topological polar surface area (TPSA) is 45.2 Å². The van der Waals surface area contributed by atoms with Crippen molar-refractivity contribution in [3.63, 3.8) is 0 Å². The van der Waals surface area contributed by atoms with Crippen LogP contribution >= 0.6 is 0 Å². The van der Waals surface area contributed by atoms with E-state index >= 15 is 0 Å². The van der Waals surface area contributed by atoms with Gasteiger partial charge in [0.1, 0.15) is 5.69 Å². The summed E-state index contributed by atoms with van der Waals surface area (Å²) in [5, 5.41) is 2.80. The van der Waals surface area contributed by atoms with Gasteiger partial charge in [-0.3, -0.25) is 14.7 Å². The number of amides is 1.